The number of aromatic nitrogens is 1. The van der Waals surface area contributed by atoms with Crippen LogP contribution in [0.15, 0.2) is 12.1 Å². The van der Waals surface area contributed by atoms with E-state index in [4.69, 9.17) is 5.26 Å². The van der Waals surface area contributed by atoms with Crippen LogP contribution in [0.4, 0.5) is 19.0 Å². The van der Waals surface area contributed by atoms with Gasteiger partial charge in [0.1, 0.15) is 17.6 Å². The summed E-state index contributed by atoms with van der Waals surface area (Å²) in [7, 11) is 0. The molecule has 0 unspecified atom stereocenters. The molecule has 1 aromatic heterocycles. The van der Waals surface area contributed by atoms with Gasteiger partial charge in [-0.15, -0.1) is 0 Å². The second-order valence-corrected chi connectivity index (χ2v) is 5.62. The van der Waals surface area contributed by atoms with Crippen molar-refractivity contribution in [3.63, 3.8) is 0 Å². The molecule has 2 rings (SSSR count). The van der Waals surface area contributed by atoms with Crippen molar-refractivity contribution in [2.24, 2.45) is 5.41 Å². The monoisotopic (exact) mass is 297 g/mol. The van der Waals surface area contributed by atoms with Crippen LogP contribution in [0, 0.1) is 16.7 Å². The van der Waals surface area contributed by atoms with Crippen molar-refractivity contribution in [3.05, 3.63) is 23.4 Å². The second-order valence-electron chi connectivity index (χ2n) is 5.62. The number of nitrogens with zero attached hydrogens (tertiary/aromatic N) is 2. The standard InChI is InChI=1S/C15H18F3N3/c1-2-14(7-3-4-8-14)10-20-13-11(9-19)5-6-12(21-13)15(16,17)18/h5-6H,2-4,7-8,10H2,1H3,(H,20,21). The topological polar surface area (TPSA) is 48.7 Å². The lowest BCUT2D eigenvalue weighted by molar-refractivity contribution is -0.141. The molecule has 6 heteroatoms. The summed E-state index contributed by atoms with van der Waals surface area (Å²) in [6.45, 7) is 2.66. The Balaban J connectivity index is 2.20. The van der Waals surface area contributed by atoms with E-state index in [1.165, 1.54) is 6.07 Å². The largest absolute Gasteiger partial charge is 0.433 e. The molecule has 1 N–H and O–H groups in total. The highest BCUT2D eigenvalue weighted by atomic mass is 19.4. The Bertz CT molecular complexity index is 540. The van der Waals surface area contributed by atoms with Crippen LogP contribution >= 0.6 is 0 Å². The van der Waals surface area contributed by atoms with Gasteiger partial charge in [0.2, 0.25) is 0 Å². The van der Waals surface area contributed by atoms with Gasteiger partial charge in [-0.1, -0.05) is 19.8 Å². The van der Waals surface area contributed by atoms with Gasteiger partial charge >= 0.3 is 6.18 Å². The second kappa shape index (κ2) is 5.92. The van der Waals surface area contributed by atoms with Crippen LogP contribution in [0.3, 0.4) is 0 Å². The van der Waals surface area contributed by atoms with E-state index in [1.54, 1.807) is 0 Å². The van der Waals surface area contributed by atoms with E-state index in [1.807, 2.05) is 6.07 Å². The molecule has 1 aliphatic rings. The van der Waals surface area contributed by atoms with Crippen LogP contribution in [0.2, 0.25) is 0 Å². The predicted molar refractivity (Wildman–Crippen MR) is 73.6 cm³/mol. The van der Waals surface area contributed by atoms with E-state index < -0.39 is 11.9 Å². The summed E-state index contributed by atoms with van der Waals surface area (Å²) >= 11 is 0. The Morgan fingerprint density at radius 1 is 1.33 bits per heavy atom. The van der Waals surface area contributed by atoms with Gasteiger partial charge < -0.3 is 5.32 Å². The lowest BCUT2D eigenvalue weighted by atomic mass is 9.83. The number of alkyl halides is 3. The van der Waals surface area contributed by atoms with Gasteiger partial charge in [-0.25, -0.2) is 4.98 Å². The zero-order chi connectivity index (χ0) is 15.5. The maximum atomic E-state index is 12.7. The molecule has 1 aliphatic carbocycles. The van der Waals surface area contributed by atoms with Crippen LogP contribution in [-0.4, -0.2) is 11.5 Å². The molecule has 1 aromatic rings. The van der Waals surface area contributed by atoms with Gasteiger partial charge in [-0.05, 0) is 36.8 Å². The third kappa shape index (κ3) is 3.46. The number of hydrogen-bond acceptors (Lipinski definition) is 3. The third-order valence-electron chi connectivity index (χ3n) is 4.35. The fourth-order valence-corrected chi connectivity index (χ4v) is 2.89. The fourth-order valence-electron chi connectivity index (χ4n) is 2.89. The van der Waals surface area contributed by atoms with Gasteiger partial charge in [-0.2, -0.15) is 18.4 Å². The summed E-state index contributed by atoms with van der Waals surface area (Å²) in [4.78, 5) is 3.58. The summed E-state index contributed by atoms with van der Waals surface area (Å²) in [6, 6.07) is 3.90. The predicted octanol–water partition coefficient (Wildman–Crippen LogP) is 4.35. The number of anilines is 1. The molecule has 1 heterocycles. The van der Waals surface area contributed by atoms with Gasteiger partial charge in [-0.3, -0.25) is 0 Å². The third-order valence-corrected chi connectivity index (χ3v) is 4.35. The molecule has 21 heavy (non-hydrogen) atoms. The lowest BCUT2D eigenvalue weighted by Crippen LogP contribution is -2.27. The van der Waals surface area contributed by atoms with Crippen LogP contribution in [0.5, 0.6) is 0 Å². The van der Waals surface area contributed by atoms with Crippen LogP contribution < -0.4 is 5.32 Å². The SMILES string of the molecule is CCC1(CNc2nc(C(F)(F)F)ccc2C#N)CCCC1. The molecule has 0 aliphatic heterocycles. The first-order valence-electron chi connectivity index (χ1n) is 7.12. The maximum Gasteiger partial charge on any atom is 0.433 e. The van der Waals surface area contributed by atoms with Crippen molar-refractivity contribution in [3.8, 4) is 6.07 Å². The molecule has 0 saturated heterocycles. The molecule has 0 aromatic carbocycles. The minimum Gasteiger partial charge on any atom is -0.368 e. The van der Waals surface area contributed by atoms with E-state index in [0.29, 0.717) is 6.54 Å². The average Bonchev–Trinajstić information content (AvgIpc) is 2.93. The summed E-state index contributed by atoms with van der Waals surface area (Å²) in [6.07, 6.45) is 0.906. The Morgan fingerprint density at radius 2 is 2.00 bits per heavy atom. The molecule has 0 amide bonds. The quantitative estimate of drug-likeness (QED) is 0.898. The van der Waals surface area contributed by atoms with Gasteiger partial charge in [0, 0.05) is 6.54 Å². The number of nitrogens with one attached hydrogen (secondary N) is 1. The minimum atomic E-state index is -4.50. The highest BCUT2D eigenvalue weighted by Gasteiger charge is 2.34. The van der Waals surface area contributed by atoms with E-state index in [9.17, 15) is 13.2 Å². The van der Waals surface area contributed by atoms with Crippen molar-refractivity contribution in [2.75, 3.05) is 11.9 Å². The molecule has 0 spiro atoms. The number of rotatable bonds is 4. The number of nitriles is 1. The molecule has 0 bridgehead atoms. The number of halogens is 3. The normalized spacial score (nSPS) is 17.5. The van der Waals surface area contributed by atoms with E-state index in [0.717, 1.165) is 38.2 Å². The highest BCUT2D eigenvalue weighted by molar-refractivity contribution is 5.52. The van der Waals surface area contributed by atoms with Crippen molar-refractivity contribution in [1.82, 2.24) is 4.98 Å². The van der Waals surface area contributed by atoms with Gasteiger partial charge in [0.25, 0.3) is 0 Å². The Hall–Kier alpha value is -1.77. The first-order chi connectivity index (χ1) is 9.90. The van der Waals surface area contributed by atoms with E-state index in [-0.39, 0.29) is 16.8 Å². The minimum absolute atomic E-state index is 0.0343. The average molecular weight is 297 g/mol. The Kier molecular flexibility index (Phi) is 4.40. The van der Waals surface area contributed by atoms with Crippen LogP contribution in [0.1, 0.15) is 50.3 Å². The van der Waals surface area contributed by atoms with Gasteiger partial charge in [0.05, 0.1) is 5.56 Å². The number of pyridine rings is 1. The molecule has 1 fully saturated rings. The maximum absolute atomic E-state index is 12.7. The highest BCUT2D eigenvalue weighted by Crippen LogP contribution is 2.41. The summed E-state index contributed by atoms with van der Waals surface area (Å²) < 4.78 is 38.1. The molecular weight excluding hydrogens is 279 g/mol. The molecule has 114 valence electrons. The Labute approximate surface area is 122 Å². The molecule has 0 radical (unpaired) electrons. The van der Waals surface area contributed by atoms with Gasteiger partial charge in [0.15, 0.2) is 0 Å². The fraction of sp³-hybridized carbons (Fsp3) is 0.600. The van der Waals surface area contributed by atoms with Crippen LogP contribution in [0.25, 0.3) is 0 Å². The molecule has 1 saturated carbocycles. The molecule has 3 nitrogen and oxygen atoms in total. The zero-order valence-corrected chi connectivity index (χ0v) is 11.9. The van der Waals surface area contributed by atoms with Crippen molar-refractivity contribution < 1.29 is 13.2 Å². The summed E-state index contributed by atoms with van der Waals surface area (Å²) in [5, 5.41) is 12.0. The first kappa shape index (κ1) is 15.6. The van der Waals surface area contributed by atoms with Crippen LogP contribution in [-0.2, 0) is 6.18 Å². The summed E-state index contributed by atoms with van der Waals surface area (Å²) in [5.74, 6) is 0.0343. The van der Waals surface area contributed by atoms with Crippen molar-refractivity contribution in [1.29, 1.82) is 5.26 Å². The van der Waals surface area contributed by atoms with Crippen molar-refractivity contribution in [2.45, 2.75) is 45.2 Å². The van der Waals surface area contributed by atoms with E-state index in [2.05, 4.69) is 17.2 Å². The Morgan fingerprint density at radius 3 is 2.52 bits per heavy atom. The molecule has 0 atom stereocenters. The lowest BCUT2D eigenvalue weighted by Gasteiger charge is -2.28. The van der Waals surface area contributed by atoms with Crippen molar-refractivity contribution >= 4 is 5.82 Å². The zero-order valence-electron chi connectivity index (χ0n) is 11.9. The number of hydrogen-bond donors (Lipinski definition) is 1. The van der Waals surface area contributed by atoms with E-state index >= 15 is 0 Å². The molecular formula is C15H18F3N3. The first-order valence-corrected chi connectivity index (χ1v) is 7.12. The summed E-state index contributed by atoms with van der Waals surface area (Å²) in [5.41, 5.74) is -0.712. The smallest absolute Gasteiger partial charge is 0.368 e.